The molecule has 1 N–H and O–H groups in total. The second-order valence-corrected chi connectivity index (χ2v) is 6.32. The highest BCUT2D eigenvalue weighted by molar-refractivity contribution is 6.31. The van der Waals surface area contributed by atoms with Gasteiger partial charge < -0.3 is 5.32 Å². The lowest BCUT2D eigenvalue weighted by Crippen LogP contribution is -2.29. The summed E-state index contributed by atoms with van der Waals surface area (Å²) in [4.78, 5) is 2.57. The van der Waals surface area contributed by atoms with E-state index in [0.29, 0.717) is 5.41 Å². The highest BCUT2D eigenvalue weighted by atomic mass is 35.5. The van der Waals surface area contributed by atoms with Crippen molar-refractivity contribution in [2.24, 2.45) is 11.3 Å². The van der Waals surface area contributed by atoms with Crippen molar-refractivity contribution in [2.45, 2.75) is 19.5 Å². The van der Waals surface area contributed by atoms with E-state index in [1.165, 1.54) is 37.2 Å². The summed E-state index contributed by atoms with van der Waals surface area (Å²) < 4.78 is 0. The number of piperidine rings is 1. The van der Waals surface area contributed by atoms with E-state index in [-0.39, 0.29) is 0 Å². The highest BCUT2D eigenvalue weighted by Crippen LogP contribution is 2.55. The molecule has 2 nitrogen and oxygen atoms in total. The standard InChI is InChI=1S/C14H17ClN2/c15-13-3-1-2-10-6-17(7-12(10)13)9-14-4-11(14)5-16-8-14/h1-3,11,16H,4-9H2. The zero-order chi connectivity index (χ0) is 11.5. The van der Waals surface area contributed by atoms with Crippen LogP contribution in [-0.4, -0.2) is 24.5 Å². The first-order chi connectivity index (χ1) is 8.27. The lowest BCUT2D eigenvalue weighted by molar-refractivity contribution is 0.224. The maximum Gasteiger partial charge on any atom is 0.0454 e. The molecule has 0 amide bonds. The van der Waals surface area contributed by atoms with Crippen molar-refractivity contribution in [2.75, 3.05) is 19.6 Å². The summed E-state index contributed by atoms with van der Waals surface area (Å²) in [7, 11) is 0. The van der Waals surface area contributed by atoms with Crippen molar-refractivity contribution in [3.05, 3.63) is 34.3 Å². The SMILES string of the molecule is Clc1cccc2c1CN(CC13CNCC1C3)C2. The van der Waals surface area contributed by atoms with Gasteiger partial charge >= 0.3 is 0 Å². The molecule has 0 radical (unpaired) electrons. The number of rotatable bonds is 2. The Labute approximate surface area is 107 Å². The minimum Gasteiger partial charge on any atom is -0.316 e. The zero-order valence-electron chi connectivity index (χ0n) is 9.88. The van der Waals surface area contributed by atoms with Crippen LogP contribution in [0.3, 0.4) is 0 Å². The fraction of sp³-hybridized carbons (Fsp3) is 0.571. The third kappa shape index (κ3) is 1.55. The molecule has 1 saturated heterocycles. The Kier molecular flexibility index (Phi) is 2.11. The van der Waals surface area contributed by atoms with Crippen molar-refractivity contribution in [3.8, 4) is 0 Å². The topological polar surface area (TPSA) is 15.3 Å². The first kappa shape index (κ1) is 10.4. The van der Waals surface area contributed by atoms with Gasteiger partial charge in [0, 0.05) is 31.2 Å². The number of nitrogens with one attached hydrogen (secondary N) is 1. The van der Waals surface area contributed by atoms with Gasteiger partial charge in [-0.05, 0) is 41.5 Å². The molecule has 1 aromatic rings. The fourth-order valence-electron chi connectivity index (χ4n) is 3.69. The lowest BCUT2D eigenvalue weighted by atomic mass is 10.1. The summed E-state index contributed by atoms with van der Waals surface area (Å²) in [6, 6.07) is 6.30. The maximum absolute atomic E-state index is 6.26. The van der Waals surface area contributed by atoms with Crippen molar-refractivity contribution in [3.63, 3.8) is 0 Å². The van der Waals surface area contributed by atoms with Gasteiger partial charge in [-0.3, -0.25) is 4.90 Å². The van der Waals surface area contributed by atoms with Gasteiger partial charge in [0.15, 0.2) is 0 Å². The van der Waals surface area contributed by atoms with Gasteiger partial charge in [0.1, 0.15) is 0 Å². The smallest absolute Gasteiger partial charge is 0.0454 e. The van der Waals surface area contributed by atoms with Crippen LogP contribution in [-0.2, 0) is 13.1 Å². The summed E-state index contributed by atoms with van der Waals surface area (Å²) in [6.07, 6.45) is 1.43. The second-order valence-electron chi connectivity index (χ2n) is 5.92. The molecule has 2 aliphatic heterocycles. The monoisotopic (exact) mass is 248 g/mol. The molecule has 4 rings (SSSR count). The van der Waals surface area contributed by atoms with Crippen molar-refractivity contribution in [1.82, 2.24) is 10.2 Å². The van der Waals surface area contributed by atoms with Crippen LogP contribution < -0.4 is 5.32 Å². The Hall–Kier alpha value is -0.570. The van der Waals surface area contributed by atoms with Crippen LogP contribution in [0.25, 0.3) is 0 Å². The third-order valence-corrected chi connectivity index (χ3v) is 5.11. The predicted molar refractivity (Wildman–Crippen MR) is 69.0 cm³/mol. The van der Waals surface area contributed by atoms with Gasteiger partial charge in [-0.25, -0.2) is 0 Å². The second kappa shape index (κ2) is 3.47. The molecule has 0 spiro atoms. The average Bonchev–Trinajstić information content (AvgIpc) is 2.70. The first-order valence-electron chi connectivity index (χ1n) is 6.46. The highest BCUT2D eigenvalue weighted by Gasteiger charge is 2.57. The third-order valence-electron chi connectivity index (χ3n) is 4.76. The van der Waals surface area contributed by atoms with E-state index in [9.17, 15) is 0 Å². The van der Waals surface area contributed by atoms with Crippen LogP contribution in [0.1, 0.15) is 17.5 Å². The molecule has 2 unspecified atom stereocenters. The van der Waals surface area contributed by atoms with E-state index < -0.39 is 0 Å². The molecule has 1 saturated carbocycles. The van der Waals surface area contributed by atoms with Crippen LogP contribution in [0.15, 0.2) is 18.2 Å². The van der Waals surface area contributed by atoms with Crippen LogP contribution >= 0.6 is 11.6 Å². The molecule has 1 aliphatic carbocycles. The summed E-state index contributed by atoms with van der Waals surface area (Å²) >= 11 is 6.26. The number of nitrogens with zero attached hydrogens (tertiary/aromatic N) is 1. The molecule has 1 aromatic carbocycles. The van der Waals surface area contributed by atoms with Crippen LogP contribution in [0.4, 0.5) is 0 Å². The molecule has 2 heterocycles. The molecule has 90 valence electrons. The summed E-state index contributed by atoms with van der Waals surface area (Å²) in [6.45, 7) is 5.84. The molecule has 0 bridgehead atoms. The van der Waals surface area contributed by atoms with E-state index in [0.717, 1.165) is 24.0 Å². The summed E-state index contributed by atoms with van der Waals surface area (Å²) in [5.41, 5.74) is 3.39. The Morgan fingerprint density at radius 3 is 3.06 bits per heavy atom. The Balaban J connectivity index is 1.51. The quantitative estimate of drug-likeness (QED) is 0.864. The maximum atomic E-state index is 6.26. The van der Waals surface area contributed by atoms with E-state index in [1.807, 2.05) is 6.07 Å². The largest absolute Gasteiger partial charge is 0.316 e. The number of hydrogen-bond donors (Lipinski definition) is 1. The molecule has 2 atom stereocenters. The van der Waals surface area contributed by atoms with E-state index in [4.69, 9.17) is 11.6 Å². The van der Waals surface area contributed by atoms with Crippen LogP contribution in [0, 0.1) is 11.3 Å². The lowest BCUT2D eigenvalue weighted by Gasteiger charge is -2.21. The Bertz CT molecular complexity index is 473. The van der Waals surface area contributed by atoms with Crippen LogP contribution in [0.2, 0.25) is 5.02 Å². The Morgan fingerprint density at radius 1 is 1.41 bits per heavy atom. The van der Waals surface area contributed by atoms with Crippen molar-refractivity contribution < 1.29 is 0 Å². The van der Waals surface area contributed by atoms with Gasteiger partial charge in [0.05, 0.1) is 0 Å². The molecule has 3 aliphatic rings. The number of fused-ring (bicyclic) bond motifs is 2. The molecular weight excluding hydrogens is 232 g/mol. The predicted octanol–water partition coefficient (Wildman–Crippen LogP) is 2.27. The number of halogens is 1. The van der Waals surface area contributed by atoms with E-state index >= 15 is 0 Å². The van der Waals surface area contributed by atoms with Crippen molar-refractivity contribution in [1.29, 1.82) is 0 Å². The van der Waals surface area contributed by atoms with Gasteiger partial charge in [0.25, 0.3) is 0 Å². The van der Waals surface area contributed by atoms with Gasteiger partial charge in [-0.1, -0.05) is 23.7 Å². The zero-order valence-corrected chi connectivity index (χ0v) is 10.6. The summed E-state index contributed by atoms with van der Waals surface area (Å²) in [5, 5.41) is 4.46. The average molecular weight is 249 g/mol. The van der Waals surface area contributed by atoms with Gasteiger partial charge in [-0.15, -0.1) is 0 Å². The van der Waals surface area contributed by atoms with Gasteiger partial charge in [-0.2, -0.15) is 0 Å². The van der Waals surface area contributed by atoms with E-state index in [2.05, 4.69) is 22.3 Å². The van der Waals surface area contributed by atoms with Crippen molar-refractivity contribution >= 4 is 11.6 Å². The molecular formula is C14H17ClN2. The van der Waals surface area contributed by atoms with Crippen LogP contribution in [0.5, 0.6) is 0 Å². The molecule has 2 fully saturated rings. The summed E-state index contributed by atoms with van der Waals surface area (Å²) in [5.74, 6) is 0.946. The fourth-order valence-corrected chi connectivity index (χ4v) is 3.94. The van der Waals surface area contributed by atoms with Gasteiger partial charge in [0.2, 0.25) is 0 Å². The normalized spacial score (nSPS) is 34.8. The minimum atomic E-state index is 0.606. The first-order valence-corrected chi connectivity index (χ1v) is 6.84. The number of benzene rings is 1. The molecule has 0 aromatic heterocycles. The van der Waals surface area contributed by atoms with E-state index in [1.54, 1.807) is 0 Å². The molecule has 3 heteroatoms. The number of hydrogen-bond acceptors (Lipinski definition) is 2. The minimum absolute atomic E-state index is 0.606. The Morgan fingerprint density at radius 2 is 2.35 bits per heavy atom. The molecule has 17 heavy (non-hydrogen) atoms.